The molecule has 1 heterocycles. The van der Waals surface area contributed by atoms with Gasteiger partial charge >= 0.3 is 6.03 Å². The van der Waals surface area contributed by atoms with Crippen LogP contribution in [0.1, 0.15) is 56.3 Å². The smallest absolute Gasteiger partial charge is 0.320 e. The molecular weight excluding hydrogens is 292 g/mol. The van der Waals surface area contributed by atoms with Crippen molar-refractivity contribution in [1.82, 2.24) is 15.5 Å². The zero-order valence-corrected chi connectivity index (χ0v) is 13.7. The first-order valence-electron chi connectivity index (χ1n) is 7.94. The van der Waals surface area contributed by atoms with Crippen LogP contribution in [-0.4, -0.2) is 16.2 Å². The highest BCUT2D eigenvalue weighted by atomic mass is 16.5. The molecule has 1 aliphatic rings. The normalized spacial score (nSPS) is 15.1. The van der Waals surface area contributed by atoms with Gasteiger partial charge in [0.15, 0.2) is 5.82 Å². The van der Waals surface area contributed by atoms with Crippen molar-refractivity contribution in [3.63, 3.8) is 0 Å². The Bertz CT molecular complexity index is 687. The number of benzene rings is 1. The number of aryl methyl sites for hydroxylation is 1. The van der Waals surface area contributed by atoms with Gasteiger partial charge in [-0.2, -0.15) is 4.98 Å². The summed E-state index contributed by atoms with van der Waals surface area (Å²) in [6, 6.07) is 7.76. The number of nitrogens with one attached hydrogen (secondary N) is 2. The Balaban J connectivity index is 1.60. The molecule has 1 fully saturated rings. The predicted molar refractivity (Wildman–Crippen MR) is 87.2 cm³/mol. The van der Waals surface area contributed by atoms with Crippen molar-refractivity contribution in [2.45, 2.75) is 51.5 Å². The summed E-state index contributed by atoms with van der Waals surface area (Å²) in [6.07, 6.45) is 3.85. The van der Waals surface area contributed by atoms with Crippen LogP contribution in [0.25, 0.3) is 0 Å². The van der Waals surface area contributed by atoms with Gasteiger partial charge in [0, 0.05) is 5.69 Å². The van der Waals surface area contributed by atoms with E-state index in [4.69, 9.17) is 4.52 Å². The number of aromatic nitrogens is 2. The third kappa shape index (κ3) is 3.52. The summed E-state index contributed by atoms with van der Waals surface area (Å²) in [4.78, 5) is 16.4. The van der Waals surface area contributed by atoms with E-state index in [0.717, 1.165) is 5.69 Å². The molecule has 6 heteroatoms. The summed E-state index contributed by atoms with van der Waals surface area (Å²) in [5, 5.41) is 9.44. The summed E-state index contributed by atoms with van der Waals surface area (Å²) >= 11 is 0. The SMILES string of the molecule is Cc1noc(C(C)(C)NC(=O)Nc2ccc(C3CCC3)cc2)n1. The van der Waals surface area contributed by atoms with E-state index in [1.54, 1.807) is 6.92 Å². The molecule has 2 amide bonds. The van der Waals surface area contributed by atoms with Crippen LogP contribution in [0.2, 0.25) is 0 Å². The minimum atomic E-state index is -0.739. The van der Waals surface area contributed by atoms with Gasteiger partial charge in [0.2, 0.25) is 0 Å². The van der Waals surface area contributed by atoms with Gasteiger partial charge in [-0.25, -0.2) is 4.79 Å². The average Bonchev–Trinajstić information content (AvgIpc) is 2.86. The standard InChI is InChI=1S/C17H22N4O2/c1-11-18-15(23-21-11)17(2,3)20-16(22)19-14-9-7-13(8-10-14)12-5-4-6-12/h7-10,12H,4-6H2,1-3H3,(H2,19,20,22). The molecule has 23 heavy (non-hydrogen) atoms. The fraction of sp³-hybridized carbons (Fsp3) is 0.471. The van der Waals surface area contributed by atoms with E-state index in [-0.39, 0.29) is 6.03 Å². The van der Waals surface area contributed by atoms with Gasteiger partial charge in [0.1, 0.15) is 5.54 Å². The van der Waals surface area contributed by atoms with E-state index < -0.39 is 5.54 Å². The van der Waals surface area contributed by atoms with Crippen molar-refractivity contribution in [1.29, 1.82) is 0 Å². The van der Waals surface area contributed by atoms with Gasteiger partial charge < -0.3 is 15.2 Å². The Labute approximate surface area is 135 Å². The molecule has 0 radical (unpaired) electrons. The molecule has 122 valence electrons. The number of nitrogens with zero attached hydrogens (tertiary/aromatic N) is 2. The van der Waals surface area contributed by atoms with E-state index >= 15 is 0 Å². The lowest BCUT2D eigenvalue weighted by molar-refractivity contribution is 0.228. The van der Waals surface area contributed by atoms with Crippen molar-refractivity contribution in [3.05, 3.63) is 41.5 Å². The Hall–Kier alpha value is -2.37. The first-order chi connectivity index (χ1) is 10.9. The number of rotatable bonds is 4. The molecule has 0 unspecified atom stereocenters. The quantitative estimate of drug-likeness (QED) is 0.901. The van der Waals surface area contributed by atoms with Crippen molar-refractivity contribution in [2.75, 3.05) is 5.32 Å². The molecule has 0 saturated heterocycles. The maximum Gasteiger partial charge on any atom is 0.320 e. The zero-order chi connectivity index (χ0) is 16.4. The number of carbonyl (C=O) groups excluding carboxylic acids is 1. The second-order valence-electron chi connectivity index (χ2n) is 6.60. The van der Waals surface area contributed by atoms with Gasteiger partial charge in [0.05, 0.1) is 0 Å². The number of anilines is 1. The molecule has 0 bridgehead atoms. The number of carbonyl (C=O) groups is 1. The molecule has 6 nitrogen and oxygen atoms in total. The topological polar surface area (TPSA) is 80.0 Å². The van der Waals surface area contributed by atoms with Crippen LogP contribution in [0.5, 0.6) is 0 Å². The molecule has 1 aliphatic carbocycles. The molecule has 2 N–H and O–H groups in total. The second kappa shape index (κ2) is 6.02. The summed E-state index contributed by atoms with van der Waals surface area (Å²) in [5.74, 6) is 1.62. The van der Waals surface area contributed by atoms with E-state index in [2.05, 4.69) is 32.9 Å². The van der Waals surface area contributed by atoms with E-state index in [1.165, 1.54) is 24.8 Å². The van der Waals surface area contributed by atoms with Crippen molar-refractivity contribution in [3.8, 4) is 0 Å². The summed E-state index contributed by atoms with van der Waals surface area (Å²) in [6.45, 7) is 5.38. The minimum absolute atomic E-state index is 0.303. The Morgan fingerprint density at radius 1 is 1.26 bits per heavy atom. The number of hydrogen-bond acceptors (Lipinski definition) is 4. The number of amides is 2. The fourth-order valence-electron chi connectivity index (χ4n) is 2.63. The van der Waals surface area contributed by atoms with E-state index in [1.807, 2.05) is 26.0 Å². The van der Waals surface area contributed by atoms with Gasteiger partial charge in [-0.1, -0.05) is 23.7 Å². The van der Waals surface area contributed by atoms with Gasteiger partial charge in [-0.05, 0) is 57.2 Å². The average molecular weight is 314 g/mol. The predicted octanol–water partition coefficient (Wildman–Crippen LogP) is 3.70. The summed E-state index contributed by atoms with van der Waals surface area (Å²) < 4.78 is 5.14. The number of hydrogen-bond donors (Lipinski definition) is 2. The zero-order valence-electron chi connectivity index (χ0n) is 13.7. The van der Waals surface area contributed by atoms with Crippen molar-refractivity contribution >= 4 is 11.7 Å². The maximum atomic E-state index is 12.2. The molecule has 0 atom stereocenters. The summed E-state index contributed by atoms with van der Waals surface area (Å²) in [7, 11) is 0. The van der Waals surface area contributed by atoms with Crippen LogP contribution < -0.4 is 10.6 Å². The van der Waals surface area contributed by atoms with Crippen LogP contribution in [0.4, 0.5) is 10.5 Å². The van der Waals surface area contributed by atoms with E-state index in [0.29, 0.717) is 17.6 Å². The molecule has 1 aromatic heterocycles. The lowest BCUT2D eigenvalue weighted by Gasteiger charge is -2.26. The van der Waals surface area contributed by atoms with Crippen LogP contribution in [0, 0.1) is 6.92 Å². The molecule has 1 aromatic carbocycles. The van der Waals surface area contributed by atoms with Gasteiger partial charge in [0.25, 0.3) is 5.89 Å². The largest absolute Gasteiger partial charge is 0.337 e. The Morgan fingerprint density at radius 3 is 2.48 bits per heavy atom. The van der Waals surface area contributed by atoms with Gasteiger partial charge in [-0.15, -0.1) is 0 Å². The molecule has 2 aromatic rings. The van der Waals surface area contributed by atoms with Crippen LogP contribution in [-0.2, 0) is 5.54 Å². The minimum Gasteiger partial charge on any atom is -0.337 e. The highest BCUT2D eigenvalue weighted by Crippen LogP contribution is 2.36. The first-order valence-corrected chi connectivity index (χ1v) is 7.94. The van der Waals surface area contributed by atoms with Gasteiger partial charge in [-0.3, -0.25) is 0 Å². The monoisotopic (exact) mass is 314 g/mol. The van der Waals surface area contributed by atoms with Crippen LogP contribution in [0.3, 0.4) is 0 Å². The lowest BCUT2D eigenvalue weighted by Crippen LogP contribution is -2.43. The maximum absolute atomic E-state index is 12.2. The third-order valence-corrected chi connectivity index (χ3v) is 4.23. The van der Waals surface area contributed by atoms with Crippen LogP contribution >= 0.6 is 0 Å². The van der Waals surface area contributed by atoms with Crippen LogP contribution in [0.15, 0.2) is 28.8 Å². The molecule has 3 rings (SSSR count). The fourth-order valence-corrected chi connectivity index (χ4v) is 2.63. The Morgan fingerprint density at radius 2 is 1.96 bits per heavy atom. The third-order valence-electron chi connectivity index (χ3n) is 4.23. The lowest BCUT2D eigenvalue weighted by atomic mass is 9.80. The second-order valence-corrected chi connectivity index (χ2v) is 6.60. The molecule has 1 saturated carbocycles. The van der Waals surface area contributed by atoms with Crippen molar-refractivity contribution in [2.24, 2.45) is 0 Å². The van der Waals surface area contributed by atoms with Crippen molar-refractivity contribution < 1.29 is 9.32 Å². The molecule has 0 aliphatic heterocycles. The number of urea groups is 1. The first kappa shape index (κ1) is 15.5. The molecule has 0 spiro atoms. The van der Waals surface area contributed by atoms with E-state index in [9.17, 15) is 4.79 Å². The summed E-state index contributed by atoms with van der Waals surface area (Å²) in [5.41, 5.74) is 1.38. The Kier molecular flexibility index (Phi) is 4.07. The highest BCUT2D eigenvalue weighted by molar-refractivity contribution is 5.89. The highest BCUT2D eigenvalue weighted by Gasteiger charge is 2.29. The molecular formula is C17H22N4O2.